The standard InChI is InChI=1S/C17H20N4O2/c1-11-19-16(23-20-11)13-6-8-21(10-13)17(22)15-4-2-3-12-9-18-7-5-14(12)15/h2-4,13,18H,5-10H2,1H3. The zero-order chi connectivity index (χ0) is 15.8. The first-order valence-electron chi connectivity index (χ1n) is 8.13. The van der Waals surface area contributed by atoms with E-state index in [0.717, 1.165) is 38.0 Å². The fourth-order valence-corrected chi connectivity index (χ4v) is 3.53. The Kier molecular flexibility index (Phi) is 3.61. The van der Waals surface area contributed by atoms with Crippen LogP contribution in [0.3, 0.4) is 0 Å². The second kappa shape index (κ2) is 5.77. The van der Waals surface area contributed by atoms with Gasteiger partial charge in [-0.1, -0.05) is 17.3 Å². The lowest BCUT2D eigenvalue weighted by Gasteiger charge is -2.23. The van der Waals surface area contributed by atoms with Gasteiger partial charge in [0.15, 0.2) is 5.82 Å². The lowest BCUT2D eigenvalue weighted by molar-refractivity contribution is 0.0788. The average Bonchev–Trinajstić information content (AvgIpc) is 3.22. The Hall–Kier alpha value is -2.21. The zero-order valence-electron chi connectivity index (χ0n) is 13.2. The van der Waals surface area contributed by atoms with Crippen LogP contribution in [0.4, 0.5) is 0 Å². The molecule has 2 aromatic rings. The Morgan fingerprint density at radius 3 is 3.17 bits per heavy atom. The summed E-state index contributed by atoms with van der Waals surface area (Å²) in [7, 11) is 0. The molecule has 1 fully saturated rings. The number of carbonyl (C=O) groups is 1. The summed E-state index contributed by atoms with van der Waals surface area (Å²) in [5.74, 6) is 1.58. The van der Waals surface area contributed by atoms with Gasteiger partial charge in [0.2, 0.25) is 5.89 Å². The lowest BCUT2D eigenvalue weighted by atomic mass is 9.95. The van der Waals surface area contributed by atoms with Gasteiger partial charge in [0, 0.05) is 25.2 Å². The van der Waals surface area contributed by atoms with E-state index in [-0.39, 0.29) is 11.8 Å². The third kappa shape index (κ3) is 2.63. The minimum Gasteiger partial charge on any atom is -0.339 e. The second-order valence-electron chi connectivity index (χ2n) is 6.29. The van der Waals surface area contributed by atoms with E-state index >= 15 is 0 Å². The van der Waals surface area contributed by atoms with Gasteiger partial charge in [0.1, 0.15) is 0 Å². The first-order valence-corrected chi connectivity index (χ1v) is 8.13. The number of nitrogens with one attached hydrogen (secondary N) is 1. The summed E-state index contributed by atoms with van der Waals surface area (Å²) >= 11 is 0. The van der Waals surface area contributed by atoms with Gasteiger partial charge in [0.05, 0.1) is 5.92 Å². The number of hydrogen-bond acceptors (Lipinski definition) is 5. The van der Waals surface area contributed by atoms with Crippen LogP contribution in [0.5, 0.6) is 0 Å². The smallest absolute Gasteiger partial charge is 0.254 e. The molecular formula is C17H20N4O2. The quantitative estimate of drug-likeness (QED) is 0.913. The van der Waals surface area contributed by atoms with Gasteiger partial charge >= 0.3 is 0 Å². The van der Waals surface area contributed by atoms with Crippen molar-refractivity contribution in [2.75, 3.05) is 19.6 Å². The molecule has 2 aliphatic rings. The van der Waals surface area contributed by atoms with Crippen LogP contribution in [0.15, 0.2) is 22.7 Å². The zero-order valence-corrected chi connectivity index (χ0v) is 13.2. The van der Waals surface area contributed by atoms with Gasteiger partial charge in [-0.25, -0.2) is 0 Å². The van der Waals surface area contributed by atoms with Crippen LogP contribution in [0, 0.1) is 6.92 Å². The molecular weight excluding hydrogens is 292 g/mol. The Labute approximate surface area is 134 Å². The largest absolute Gasteiger partial charge is 0.339 e. The van der Waals surface area contributed by atoms with Crippen LogP contribution < -0.4 is 5.32 Å². The van der Waals surface area contributed by atoms with Gasteiger partial charge in [-0.2, -0.15) is 4.98 Å². The maximum Gasteiger partial charge on any atom is 0.254 e. The molecule has 6 heteroatoms. The van der Waals surface area contributed by atoms with Crippen molar-refractivity contribution < 1.29 is 9.32 Å². The monoisotopic (exact) mass is 312 g/mol. The summed E-state index contributed by atoms with van der Waals surface area (Å²) < 4.78 is 5.27. The minimum absolute atomic E-state index is 0.127. The van der Waals surface area contributed by atoms with Crippen LogP contribution in [0.1, 0.15) is 45.5 Å². The number of nitrogens with zero attached hydrogens (tertiary/aromatic N) is 3. The number of carbonyl (C=O) groups excluding carboxylic acids is 1. The van der Waals surface area contributed by atoms with Crippen LogP contribution in [0.25, 0.3) is 0 Å². The fraction of sp³-hybridized carbons (Fsp3) is 0.471. The summed E-state index contributed by atoms with van der Waals surface area (Å²) in [6.45, 7) is 4.99. The van der Waals surface area contributed by atoms with Crippen molar-refractivity contribution in [2.45, 2.75) is 32.2 Å². The first-order chi connectivity index (χ1) is 11.2. The summed E-state index contributed by atoms with van der Waals surface area (Å²) in [6.07, 6.45) is 1.79. The van der Waals surface area contributed by atoms with Gasteiger partial charge < -0.3 is 14.7 Å². The number of aryl methyl sites for hydroxylation is 1. The maximum atomic E-state index is 12.9. The number of fused-ring (bicyclic) bond motifs is 1. The van der Waals surface area contributed by atoms with E-state index in [2.05, 4.69) is 21.5 Å². The topological polar surface area (TPSA) is 71.3 Å². The molecule has 1 amide bonds. The number of amides is 1. The highest BCUT2D eigenvalue weighted by Crippen LogP contribution is 2.28. The molecule has 1 aromatic carbocycles. The van der Waals surface area contributed by atoms with Gasteiger partial charge in [-0.05, 0) is 43.5 Å². The molecule has 0 aliphatic carbocycles. The van der Waals surface area contributed by atoms with Crippen LogP contribution in [-0.2, 0) is 13.0 Å². The van der Waals surface area contributed by atoms with Crippen LogP contribution in [-0.4, -0.2) is 40.6 Å². The van der Waals surface area contributed by atoms with Crippen LogP contribution in [0.2, 0.25) is 0 Å². The van der Waals surface area contributed by atoms with E-state index in [1.54, 1.807) is 0 Å². The molecule has 1 atom stereocenters. The summed E-state index contributed by atoms with van der Waals surface area (Å²) in [6, 6.07) is 6.04. The molecule has 0 spiro atoms. The predicted molar refractivity (Wildman–Crippen MR) is 84.1 cm³/mol. The molecule has 2 aliphatic heterocycles. The van der Waals surface area contributed by atoms with Crippen molar-refractivity contribution in [3.8, 4) is 0 Å². The number of benzene rings is 1. The highest BCUT2D eigenvalue weighted by atomic mass is 16.5. The Morgan fingerprint density at radius 1 is 1.43 bits per heavy atom. The molecule has 1 unspecified atom stereocenters. The van der Waals surface area contributed by atoms with Crippen molar-refractivity contribution in [1.82, 2.24) is 20.4 Å². The molecule has 1 aromatic heterocycles. The number of aromatic nitrogens is 2. The summed E-state index contributed by atoms with van der Waals surface area (Å²) in [5.41, 5.74) is 3.30. The van der Waals surface area contributed by atoms with Crippen molar-refractivity contribution in [2.24, 2.45) is 0 Å². The normalized spacial score (nSPS) is 20.6. The fourth-order valence-electron chi connectivity index (χ4n) is 3.53. The number of likely N-dealkylation sites (tertiary alicyclic amines) is 1. The summed E-state index contributed by atoms with van der Waals surface area (Å²) in [4.78, 5) is 19.2. The Bertz CT molecular complexity index is 740. The third-order valence-corrected chi connectivity index (χ3v) is 4.74. The van der Waals surface area contributed by atoms with Crippen molar-refractivity contribution in [1.29, 1.82) is 0 Å². The summed E-state index contributed by atoms with van der Waals surface area (Å²) in [5, 5.41) is 7.21. The lowest BCUT2D eigenvalue weighted by Crippen LogP contribution is -2.32. The van der Waals surface area contributed by atoms with E-state index in [0.29, 0.717) is 18.3 Å². The number of hydrogen-bond donors (Lipinski definition) is 1. The second-order valence-corrected chi connectivity index (χ2v) is 6.29. The molecule has 6 nitrogen and oxygen atoms in total. The molecule has 3 heterocycles. The molecule has 0 saturated carbocycles. The van der Waals surface area contributed by atoms with Gasteiger partial charge in [0.25, 0.3) is 5.91 Å². The Morgan fingerprint density at radius 2 is 2.35 bits per heavy atom. The first kappa shape index (κ1) is 14.4. The third-order valence-electron chi connectivity index (χ3n) is 4.74. The molecule has 4 rings (SSSR count). The van der Waals surface area contributed by atoms with E-state index in [4.69, 9.17) is 4.52 Å². The highest BCUT2D eigenvalue weighted by molar-refractivity contribution is 5.96. The molecule has 0 bridgehead atoms. The highest BCUT2D eigenvalue weighted by Gasteiger charge is 2.32. The van der Waals surface area contributed by atoms with Crippen molar-refractivity contribution in [3.05, 3.63) is 46.6 Å². The minimum atomic E-state index is 0.127. The van der Waals surface area contributed by atoms with E-state index in [1.165, 1.54) is 11.1 Å². The maximum absolute atomic E-state index is 12.9. The Balaban J connectivity index is 1.54. The van der Waals surface area contributed by atoms with Crippen LogP contribution >= 0.6 is 0 Å². The van der Waals surface area contributed by atoms with Gasteiger partial charge in [-0.15, -0.1) is 0 Å². The SMILES string of the molecule is Cc1noc(C2CCN(C(=O)c3cccc4c3CCNC4)C2)n1. The van der Waals surface area contributed by atoms with E-state index < -0.39 is 0 Å². The van der Waals surface area contributed by atoms with E-state index in [1.807, 2.05) is 24.0 Å². The predicted octanol–water partition coefficient (Wildman–Crippen LogP) is 1.65. The molecule has 120 valence electrons. The van der Waals surface area contributed by atoms with Gasteiger partial charge in [-0.3, -0.25) is 4.79 Å². The number of rotatable bonds is 2. The van der Waals surface area contributed by atoms with Crippen molar-refractivity contribution >= 4 is 5.91 Å². The van der Waals surface area contributed by atoms with E-state index in [9.17, 15) is 4.79 Å². The molecule has 1 saturated heterocycles. The molecule has 1 N–H and O–H groups in total. The molecule has 0 radical (unpaired) electrons. The van der Waals surface area contributed by atoms with Crippen molar-refractivity contribution in [3.63, 3.8) is 0 Å². The average molecular weight is 312 g/mol. The molecule has 23 heavy (non-hydrogen) atoms.